The molecular weight excluding hydrogens is 324 g/mol. The van der Waals surface area contributed by atoms with Gasteiger partial charge in [0.1, 0.15) is 0 Å². The summed E-state index contributed by atoms with van der Waals surface area (Å²) in [5.74, 6) is 0.701. The van der Waals surface area contributed by atoms with Crippen molar-refractivity contribution in [3.8, 4) is 0 Å². The van der Waals surface area contributed by atoms with Crippen molar-refractivity contribution in [2.24, 2.45) is 5.92 Å². The van der Waals surface area contributed by atoms with Gasteiger partial charge in [0.15, 0.2) is 0 Å². The molecular formula is C18H29BrN2. The van der Waals surface area contributed by atoms with Crippen molar-refractivity contribution < 1.29 is 0 Å². The van der Waals surface area contributed by atoms with Crippen molar-refractivity contribution in [1.29, 1.82) is 0 Å². The molecule has 2 rings (SSSR count). The first-order valence-corrected chi connectivity index (χ1v) is 9.12. The van der Waals surface area contributed by atoms with Crippen molar-refractivity contribution >= 4 is 15.9 Å². The maximum atomic E-state index is 3.65. The maximum absolute atomic E-state index is 3.65. The lowest BCUT2D eigenvalue weighted by Gasteiger charge is -2.35. The maximum Gasteiger partial charge on any atom is 0.0346 e. The molecule has 1 heterocycles. The second-order valence-electron chi connectivity index (χ2n) is 6.62. The Bertz CT molecular complexity index is 427. The molecule has 0 aliphatic carbocycles. The topological polar surface area (TPSA) is 15.3 Å². The molecule has 1 N–H and O–H groups in total. The number of nitrogens with zero attached hydrogens (tertiary/aromatic N) is 1. The van der Waals surface area contributed by atoms with Gasteiger partial charge in [0.2, 0.25) is 0 Å². The molecule has 0 bridgehead atoms. The molecule has 1 saturated heterocycles. The van der Waals surface area contributed by atoms with Crippen LogP contribution in [0.25, 0.3) is 0 Å². The van der Waals surface area contributed by atoms with Crippen LogP contribution in [-0.4, -0.2) is 30.6 Å². The molecule has 1 aliphatic heterocycles. The highest BCUT2D eigenvalue weighted by molar-refractivity contribution is 9.10. The summed E-state index contributed by atoms with van der Waals surface area (Å²) in [6.07, 6.45) is 3.81. The molecule has 1 aromatic carbocycles. The monoisotopic (exact) mass is 352 g/mol. The zero-order chi connectivity index (χ0) is 15.2. The molecule has 118 valence electrons. The van der Waals surface area contributed by atoms with Gasteiger partial charge in [-0.25, -0.2) is 0 Å². The van der Waals surface area contributed by atoms with Crippen LogP contribution in [0.5, 0.6) is 0 Å². The van der Waals surface area contributed by atoms with Gasteiger partial charge < -0.3 is 5.32 Å². The smallest absolute Gasteiger partial charge is 0.0346 e. The van der Waals surface area contributed by atoms with Gasteiger partial charge in [0.25, 0.3) is 0 Å². The Hall–Kier alpha value is -0.380. The van der Waals surface area contributed by atoms with Crippen LogP contribution in [0.3, 0.4) is 0 Å². The Morgan fingerprint density at radius 1 is 1.38 bits per heavy atom. The van der Waals surface area contributed by atoms with Crippen LogP contribution in [0, 0.1) is 5.92 Å². The van der Waals surface area contributed by atoms with Crippen molar-refractivity contribution in [3.63, 3.8) is 0 Å². The lowest BCUT2D eigenvalue weighted by atomic mass is 10.0. The Morgan fingerprint density at radius 3 is 2.76 bits per heavy atom. The summed E-state index contributed by atoms with van der Waals surface area (Å²) in [5, 5.41) is 3.65. The predicted octanol–water partition coefficient (Wildman–Crippen LogP) is 4.61. The summed E-state index contributed by atoms with van der Waals surface area (Å²) in [7, 11) is 0. The lowest BCUT2D eigenvalue weighted by Crippen LogP contribution is -2.41. The van der Waals surface area contributed by atoms with Crippen molar-refractivity contribution in [3.05, 3.63) is 34.3 Å². The molecule has 2 unspecified atom stereocenters. The van der Waals surface area contributed by atoms with E-state index in [1.54, 1.807) is 0 Å². The average molecular weight is 353 g/mol. The van der Waals surface area contributed by atoms with Gasteiger partial charge in [-0.15, -0.1) is 0 Å². The van der Waals surface area contributed by atoms with Crippen LogP contribution in [0.1, 0.15) is 51.6 Å². The number of benzene rings is 1. The molecule has 1 aromatic rings. The normalized spacial score (nSPS) is 20.4. The van der Waals surface area contributed by atoms with E-state index in [4.69, 9.17) is 0 Å². The van der Waals surface area contributed by atoms with Crippen LogP contribution in [-0.2, 0) is 0 Å². The van der Waals surface area contributed by atoms with Gasteiger partial charge in [0.05, 0.1) is 0 Å². The minimum absolute atomic E-state index is 0.521. The number of hydrogen-bond acceptors (Lipinski definition) is 2. The molecule has 2 atom stereocenters. The molecule has 0 spiro atoms. The standard InChI is InChI=1S/C18H29BrN2/c1-4-18(15-7-5-8-16(19)11-15)21(12-14(2)3)13-17-9-6-10-20-17/h5,7-8,11,14,17-18,20H,4,6,9-10,12-13H2,1-3H3. The Morgan fingerprint density at radius 2 is 2.19 bits per heavy atom. The van der Waals surface area contributed by atoms with Crippen molar-refractivity contribution in [2.45, 2.75) is 52.1 Å². The van der Waals surface area contributed by atoms with Gasteiger partial charge in [-0.2, -0.15) is 0 Å². The first kappa shape index (κ1) is 17.0. The van der Waals surface area contributed by atoms with Crippen LogP contribution in [0.4, 0.5) is 0 Å². The molecule has 2 nitrogen and oxygen atoms in total. The van der Waals surface area contributed by atoms with Crippen molar-refractivity contribution in [2.75, 3.05) is 19.6 Å². The zero-order valence-corrected chi connectivity index (χ0v) is 15.2. The third kappa shape index (κ3) is 5.08. The number of hydrogen-bond donors (Lipinski definition) is 1. The summed E-state index contributed by atoms with van der Waals surface area (Å²) in [6.45, 7) is 10.5. The molecule has 0 radical (unpaired) electrons. The summed E-state index contributed by atoms with van der Waals surface area (Å²) < 4.78 is 1.18. The predicted molar refractivity (Wildman–Crippen MR) is 94.6 cm³/mol. The average Bonchev–Trinajstić information content (AvgIpc) is 2.92. The summed E-state index contributed by atoms with van der Waals surface area (Å²) in [4.78, 5) is 2.69. The fourth-order valence-corrected chi connectivity index (χ4v) is 3.83. The molecule has 0 aromatic heterocycles. The molecule has 1 aliphatic rings. The SMILES string of the molecule is CCC(c1cccc(Br)c1)N(CC(C)C)CC1CCCN1. The molecule has 0 saturated carbocycles. The lowest BCUT2D eigenvalue weighted by molar-refractivity contribution is 0.156. The quantitative estimate of drug-likeness (QED) is 0.770. The van der Waals surface area contributed by atoms with E-state index in [0.717, 1.165) is 6.42 Å². The first-order chi connectivity index (χ1) is 10.1. The molecule has 0 amide bonds. The van der Waals surface area contributed by atoms with Gasteiger partial charge >= 0.3 is 0 Å². The summed E-state index contributed by atoms with van der Waals surface area (Å²) >= 11 is 3.62. The Kier molecular flexibility index (Phi) is 6.72. The van der Waals surface area contributed by atoms with E-state index in [-0.39, 0.29) is 0 Å². The Balaban J connectivity index is 2.14. The summed E-state index contributed by atoms with van der Waals surface area (Å²) in [6, 6.07) is 10.0. The third-order valence-electron chi connectivity index (χ3n) is 4.28. The van der Waals surface area contributed by atoms with E-state index >= 15 is 0 Å². The second kappa shape index (κ2) is 8.30. The first-order valence-electron chi connectivity index (χ1n) is 8.33. The number of halogens is 1. The fraction of sp³-hybridized carbons (Fsp3) is 0.667. The van der Waals surface area contributed by atoms with E-state index in [9.17, 15) is 0 Å². The highest BCUT2D eigenvalue weighted by Gasteiger charge is 2.24. The fourth-order valence-electron chi connectivity index (χ4n) is 3.41. The van der Waals surface area contributed by atoms with E-state index in [0.29, 0.717) is 18.0 Å². The van der Waals surface area contributed by atoms with Crippen LogP contribution >= 0.6 is 15.9 Å². The van der Waals surface area contributed by atoms with Crippen LogP contribution in [0.15, 0.2) is 28.7 Å². The van der Waals surface area contributed by atoms with Gasteiger partial charge in [-0.05, 0) is 49.4 Å². The van der Waals surface area contributed by atoms with Gasteiger partial charge in [-0.1, -0.05) is 48.8 Å². The van der Waals surface area contributed by atoms with Crippen LogP contribution < -0.4 is 5.32 Å². The van der Waals surface area contributed by atoms with E-state index < -0.39 is 0 Å². The number of nitrogens with one attached hydrogen (secondary N) is 1. The highest BCUT2D eigenvalue weighted by atomic mass is 79.9. The minimum atomic E-state index is 0.521. The second-order valence-corrected chi connectivity index (χ2v) is 7.54. The highest BCUT2D eigenvalue weighted by Crippen LogP contribution is 2.28. The third-order valence-corrected chi connectivity index (χ3v) is 4.77. The molecule has 1 fully saturated rings. The summed E-state index contributed by atoms with van der Waals surface area (Å²) in [5.41, 5.74) is 1.44. The van der Waals surface area contributed by atoms with Crippen molar-refractivity contribution in [1.82, 2.24) is 10.2 Å². The van der Waals surface area contributed by atoms with Gasteiger partial charge in [0, 0.05) is 29.6 Å². The zero-order valence-electron chi connectivity index (χ0n) is 13.6. The largest absolute Gasteiger partial charge is 0.313 e. The molecule has 3 heteroatoms. The molecule has 21 heavy (non-hydrogen) atoms. The Labute approximate surface area is 138 Å². The van der Waals surface area contributed by atoms with E-state index in [1.807, 2.05) is 0 Å². The van der Waals surface area contributed by atoms with E-state index in [1.165, 1.54) is 42.5 Å². The number of rotatable bonds is 7. The van der Waals surface area contributed by atoms with Gasteiger partial charge in [-0.3, -0.25) is 4.90 Å². The van der Waals surface area contributed by atoms with Crippen LogP contribution in [0.2, 0.25) is 0 Å². The minimum Gasteiger partial charge on any atom is -0.313 e. The van der Waals surface area contributed by atoms with E-state index in [2.05, 4.69) is 71.2 Å².